The maximum atomic E-state index is 11.8. The van der Waals surface area contributed by atoms with E-state index in [0.29, 0.717) is 16.1 Å². The highest BCUT2D eigenvalue weighted by Gasteiger charge is 2.14. The fourth-order valence-corrected chi connectivity index (χ4v) is 2.70. The molecule has 3 N–H and O–H groups in total. The van der Waals surface area contributed by atoms with Gasteiger partial charge < -0.3 is 5.84 Å². The zero-order valence-electron chi connectivity index (χ0n) is 11.1. The van der Waals surface area contributed by atoms with Crippen molar-refractivity contribution in [2.45, 2.75) is 5.16 Å². The van der Waals surface area contributed by atoms with Gasteiger partial charge in [-0.15, -0.1) is 20.4 Å². The molecule has 0 aliphatic rings. The van der Waals surface area contributed by atoms with Crippen LogP contribution in [0.4, 0.5) is 5.13 Å². The molecule has 112 valence electrons. The number of hydrogen-bond acceptors (Lipinski definition) is 9. The third-order valence-electron chi connectivity index (χ3n) is 2.52. The maximum Gasteiger partial charge on any atom is 0.236 e. The van der Waals surface area contributed by atoms with E-state index in [4.69, 9.17) is 5.84 Å². The van der Waals surface area contributed by atoms with Crippen LogP contribution in [0.5, 0.6) is 0 Å². The summed E-state index contributed by atoms with van der Waals surface area (Å²) >= 11 is 2.43. The second kappa shape index (κ2) is 6.49. The van der Waals surface area contributed by atoms with E-state index >= 15 is 0 Å². The van der Waals surface area contributed by atoms with Gasteiger partial charge in [0.1, 0.15) is 5.51 Å². The first kappa shape index (κ1) is 14.4. The molecule has 0 atom stereocenters. The lowest BCUT2D eigenvalue weighted by Crippen LogP contribution is -2.16. The van der Waals surface area contributed by atoms with E-state index in [9.17, 15) is 4.79 Å². The number of nitrogens with one attached hydrogen (secondary N) is 1. The number of nitrogens with zero attached hydrogens (tertiary/aromatic N) is 6. The third kappa shape index (κ3) is 3.20. The predicted octanol–water partition coefficient (Wildman–Crippen LogP) is 0.636. The van der Waals surface area contributed by atoms with Gasteiger partial charge in [-0.2, -0.15) is 0 Å². The highest BCUT2D eigenvalue weighted by Crippen LogP contribution is 2.21. The van der Waals surface area contributed by atoms with Gasteiger partial charge in [-0.1, -0.05) is 23.1 Å². The van der Waals surface area contributed by atoms with Crippen molar-refractivity contribution < 1.29 is 4.79 Å². The average molecular weight is 334 g/mol. The molecule has 0 saturated heterocycles. The Labute approximate surface area is 133 Å². The van der Waals surface area contributed by atoms with Gasteiger partial charge in [0.15, 0.2) is 5.82 Å². The first-order valence-corrected chi connectivity index (χ1v) is 7.90. The van der Waals surface area contributed by atoms with Crippen molar-refractivity contribution in [2.75, 3.05) is 16.9 Å². The number of aromatic nitrogens is 6. The molecule has 0 fully saturated rings. The SMILES string of the molecule is Nn1c(SCC(=O)Nc2nncs2)nnc1-c1cccnc1. The van der Waals surface area contributed by atoms with Crippen molar-refractivity contribution in [3.8, 4) is 11.4 Å². The second-order valence-corrected chi connectivity index (χ2v) is 5.77. The van der Waals surface area contributed by atoms with Crippen LogP contribution in [0.25, 0.3) is 11.4 Å². The summed E-state index contributed by atoms with van der Waals surface area (Å²) in [5, 5.41) is 18.9. The van der Waals surface area contributed by atoms with Crippen molar-refractivity contribution in [1.29, 1.82) is 0 Å². The third-order valence-corrected chi connectivity index (χ3v) is 4.07. The van der Waals surface area contributed by atoms with E-state index in [1.165, 1.54) is 27.8 Å². The van der Waals surface area contributed by atoms with Crippen LogP contribution in [0, 0.1) is 0 Å². The average Bonchev–Trinajstić information content (AvgIpc) is 3.16. The molecule has 0 radical (unpaired) electrons. The number of rotatable bonds is 5. The zero-order chi connectivity index (χ0) is 15.4. The van der Waals surface area contributed by atoms with E-state index in [0.717, 1.165) is 5.56 Å². The fraction of sp³-hybridized carbons (Fsp3) is 0.0909. The van der Waals surface area contributed by atoms with Crippen LogP contribution < -0.4 is 11.2 Å². The highest BCUT2D eigenvalue weighted by atomic mass is 32.2. The van der Waals surface area contributed by atoms with Crippen LogP contribution >= 0.6 is 23.1 Å². The van der Waals surface area contributed by atoms with E-state index in [2.05, 4.69) is 30.7 Å². The number of hydrogen-bond donors (Lipinski definition) is 2. The van der Waals surface area contributed by atoms with Gasteiger partial charge in [-0.25, -0.2) is 4.68 Å². The van der Waals surface area contributed by atoms with Crippen LogP contribution in [0.3, 0.4) is 0 Å². The number of pyridine rings is 1. The Morgan fingerprint density at radius 2 is 2.32 bits per heavy atom. The molecule has 3 aromatic heterocycles. The smallest absolute Gasteiger partial charge is 0.236 e. The highest BCUT2D eigenvalue weighted by molar-refractivity contribution is 7.99. The van der Waals surface area contributed by atoms with Crippen LogP contribution in [0.15, 0.2) is 35.2 Å². The Hall–Kier alpha value is -2.53. The Bertz CT molecular complexity index is 758. The summed E-state index contributed by atoms with van der Waals surface area (Å²) in [5.41, 5.74) is 2.29. The molecule has 0 spiro atoms. The molecule has 0 saturated carbocycles. The molecular weight excluding hydrogens is 324 g/mol. The number of carbonyl (C=O) groups is 1. The number of thioether (sulfide) groups is 1. The summed E-state index contributed by atoms with van der Waals surface area (Å²) in [6, 6.07) is 3.61. The number of nitrogens with two attached hydrogens (primary N) is 1. The summed E-state index contributed by atoms with van der Waals surface area (Å²) in [5.74, 6) is 6.36. The van der Waals surface area contributed by atoms with Crippen molar-refractivity contribution >= 4 is 34.1 Å². The molecule has 3 aromatic rings. The first-order valence-electron chi connectivity index (χ1n) is 6.04. The number of amides is 1. The monoisotopic (exact) mass is 334 g/mol. The number of anilines is 1. The summed E-state index contributed by atoms with van der Waals surface area (Å²) in [4.78, 5) is 15.8. The molecule has 0 aromatic carbocycles. The van der Waals surface area contributed by atoms with Gasteiger partial charge in [-0.3, -0.25) is 15.1 Å². The molecule has 9 nitrogen and oxygen atoms in total. The first-order chi connectivity index (χ1) is 10.7. The largest absolute Gasteiger partial charge is 0.335 e. The molecule has 0 unspecified atom stereocenters. The van der Waals surface area contributed by atoms with Crippen LogP contribution in [-0.2, 0) is 4.79 Å². The summed E-state index contributed by atoms with van der Waals surface area (Å²) in [6.45, 7) is 0. The summed E-state index contributed by atoms with van der Waals surface area (Å²) < 4.78 is 1.33. The standard InChI is InChI=1S/C11H10N8OS2/c12-19-9(7-2-1-3-13-4-7)16-18-11(19)21-5-8(20)15-10-17-14-6-22-10/h1-4,6H,5,12H2,(H,15,17,20). The summed E-state index contributed by atoms with van der Waals surface area (Å²) in [7, 11) is 0. The zero-order valence-corrected chi connectivity index (χ0v) is 12.7. The quantitative estimate of drug-likeness (QED) is 0.514. The predicted molar refractivity (Wildman–Crippen MR) is 82.7 cm³/mol. The Kier molecular flexibility index (Phi) is 4.25. The van der Waals surface area contributed by atoms with Gasteiger partial charge in [0.25, 0.3) is 0 Å². The van der Waals surface area contributed by atoms with Crippen LogP contribution in [0.2, 0.25) is 0 Å². The minimum absolute atomic E-state index is 0.141. The lowest BCUT2D eigenvalue weighted by Gasteiger charge is -2.03. The fourth-order valence-electron chi connectivity index (χ4n) is 1.58. The second-order valence-electron chi connectivity index (χ2n) is 4.00. The molecule has 22 heavy (non-hydrogen) atoms. The number of carbonyl (C=O) groups excluding carboxylic acids is 1. The lowest BCUT2D eigenvalue weighted by molar-refractivity contribution is -0.113. The Morgan fingerprint density at radius 1 is 1.41 bits per heavy atom. The Balaban J connectivity index is 1.64. The van der Waals surface area contributed by atoms with Gasteiger partial charge in [0, 0.05) is 18.0 Å². The minimum atomic E-state index is -0.215. The normalized spacial score (nSPS) is 10.5. The van der Waals surface area contributed by atoms with Crippen molar-refractivity contribution in [3.05, 3.63) is 30.0 Å². The maximum absolute atomic E-state index is 11.8. The topological polar surface area (TPSA) is 124 Å². The molecule has 1 amide bonds. The van der Waals surface area contributed by atoms with Crippen molar-refractivity contribution in [3.63, 3.8) is 0 Å². The van der Waals surface area contributed by atoms with Gasteiger partial charge >= 0.3 is 0 Å². The van der Waals surface area contributed by atoms with Crippen molar-refractivity contribution in [2.24, 2.45) is 0 Å². The molecular formula is C11H10N8OS2. The van der Waals surface area contributed by atoms with Crippen molar-refractivity contribution in [1.82, 2.24) is 30.1 Å². The van der Waals surface area contributed by atoms with E-state index in [1.54, 1.807) is 24.0 Å². The van der Waals surface area contributed by atoms with E-state index < -0.39 is 0 Å². The molecule has 3 rings (SSSR count). The minimum Gasteiger partial charge on any atom is -0.335 e. The van der Waals surface area contributed by atoms with E-state index in [-0.39, 0.29) is 11.7 Å². The lowest BCUT2D eigenvalue weighted by atomic mass is 10.3. The van der Waals surface area contributed by atoms with Gasteiger partial charge in [-0.05, 0) is 12.1 Å². The van der Waals surface area contributed by atoms with E-state index in [1.807, 2.05) is 6.07 Å². The summed E-state index contributed by atoms with van der Waals surface area (Å²) in [6.07, 6.45) is 3.30. The Morgan fingerprint density at radius 3 is 3.05 bits per heavy atom. The molecule has 0 aliphatic carbocycles. The van der Waals surface area contributed by atoms with Crippen LogP contribution in [0.1, 0.15) is 0 Å². The number of nitrogen functional groups attached to an aromatic ring is 1. The molecule has 11 heteroatoms. The van der Waals surface area contributed by atoms with Gasteiger partial charge in [0.05, 0.1) is 5.75 Å². The van der Waals surface area contributed by atoms with Crippen LogP contribution in [-0.4, -0.2) is 41.7 Å². The molecule has 0 bridgehead atoms. The molecule has 0 aliphatic heterocycles. The molecule has 3 heterocycles. The van der Waals surface area contributed by atoms with Gasteiger partial charge in [0.2, 0.25) is 16.2 Å².